The number of carboxylic acids is 1. The van der Waals surface area contributed by atoms with Gasteiger partial charge in [-0.2, -0.15) is 0 Å². The molecule has 0 radical (unpaired) electrons. The molecule has 1 aromatic carbocycles. The molecule has 1 rings (SSSR count). The Labute approximate surface area is 76.2 Å². The van der Waals surface area contributed by atoms with Gasteiger partial charge in [0.25, 0.3) is 0 Å². The van der Waals surface area contributed by atoms with Crippen molar-refractivity contribution in [2.75, 3.05) is 6.54 Å². The minimum Gasteiger partial charge on any atom is -0.480 e. The molecule has 5 N–H and O–H groups in total. The van der Waals surface area contributed by atoms with Crippen LogP contribution >= 0.6 is 0 Å². The quantitative estimate of drug-likeness (QED) is 0.605. The van der Waals surface area contributed by atoms with Crippen LogP contribution in [0, 0.1) is 0 Å². The number of carbonyl (C=O) groups is 1. The van der Waals surface area contributed by atoms with E-state index in [4.69, 9.17) is 16.6 Å². The van der Waals surface area contributed by atoms with Crippen molar-refractivity contribution in [1.82, 2.24) is 0 Å². The van der Waals surface area contributed by atoms with Gasteiger partial charge in [-0.15, -0.1) is 0 Å². The first-order chi connectivity index (χ1) is 6.11. The van der Waals surface area contributed by atoms with Gasteiger partial charge >= 0.3 is 5.97 Å². The van der Waals surface area contributed by atoms with Gasteiger partial charge in [0.05, 0.1) is 0 Å². The summed E-state index contributed by atoms with van der Waals surface area (Å²) >= 11 is 0. The molecule has 0 bridgehead atoms. The van der Waals surface area contributed by atoms with Crippen molar-refractivity contribution in [2.45, 2.75) is 5.54 Å². The Kier molecular flexibility index (Phi) is 2.65. The summed E-state index contributed by atoms with van der Waals surface area (Å²) in [7, 11) is 0. The third-order valence-corrected chi connectivity index (χ3v) is 1.99. The van der Waals surface area contributed by atoms with Gasteiger partial charge in [-0.05, 0) is 5.56 Å². The fourth-order valence-electron chi connectivity index (χ4n) is 1.06. The Morgan fingerprint density at radius 3 is 2.31 bits per heavy atom. The van der Waals surface area contributed by atoms with E-state index in [2.05, 4.69) is 0 Å². The minimum atomic E-state index is -1.47. The molecule has 0 aliphatic heterocycles. The number of hydrogen-bond acceptors (Lipinski definition) is 3. The van der Waals surface area contributed by atoms with Crippen molar-refractivity contribution >= 4 is 5.97 Å². The zero-order chi connectivity index (χ0) is 9.90. The van der Waals surface area contributed by atoms with Crippen molar-refractivity contribution in [2.24, 2.45) is 11.5 Å². The van der Waals surface area contributed by atoms with E-state index in [1.165, 1.54) is 0 Å². The first kappa shape index (κ1) is 9.70. The maximum atomic E-state index is 10.8. The third kappa shape index (κ3) is 1.68. The van der Waals surface area contributed by atoms with E-state index in [1.807, 2.05) is 0 Å². The molecule has 4 nitrogen and oxygen atoms in total. The van der Waals surface area contributed by atoms with Crippen LogP contribution in [0.25, 0.3) is 0 Å². The number of carboxylic acid groups (broad SMARTS) is 1. The van der Waals surface area contributed by atoms with E-state index in [0.717, 1.165) is 0 Å². The highest BCUT2D eigenvalue weighted by atomic mass is 16.4. The van der Waals surface area contributed by atoms with E-state index >= 15 is 0 Å². The normalized spacial score (nSPS) is 14.9. The monoisotopic (exact) mass is 180 g/mol. The Balaban J connectivity index is 3.11. The zero-order valence-corrected chi connectivity index (χ0v) is 7.10. The number of hydrogen-bond donors (Lipinski definition) is 3. The highest BCUT2D eigenvalue weighted by molar-refractivity contribution is 5.80. The van der Waals surface area contributed by atoms with Crippen LogP contribution in [0.2, 0.25) is 0 Å². The molecule has 0 fully saturated rings. The van der Waals surface area contributed by atoms with E-state index in [-0.39, 0.29) is 6.54 Å². The minimum absolute atomic E-state index is 0.119. The fraction of sp³-hybridized carbons (Fsp3) is 0.222. The molecule has 4 heteroatoms. The van der Waals surface area contributed by atoms with Crippen LogP contribution in [0.4, 0.5) is 0 Å². The van der Waals surface area contributed by atoms with Crippen molar-refractivity contribution in [1.29, 1.82) is 0 Å². The predicted molar refractivity (Wildman–Crippen MR) is 49.0 cm³/mol. The molecule has 70 valence electrons. The number of nitrogens with two attached hydrogens (primary N) is 2. The Morgan fingerprint density at radius 2 is 1.92 bits per heavy atom. The molecule has 0 aliphatic carbocycles. The number of rotatable bonds is 3. The Hall–Kier alpha value is -1.39. The third-order valence-electron chi connectivity index (χ3n) is 1.99. The molecule has 0 aromatic heterocycles. The number of aliphatic carboxylic acids is 1. The van der Waals surface area contributed by atoms with E-state index in [0.29, 0.717) is 5.56 Å². The molecule has 1 unspecified atom stereocenters. The average Bonchev–Trinajstić information content (AvgIpc) is 2.17. The summed E-state index contributed by atoms with van der Waals surface area (Å²) in [6, 6.07) is 8.56. The van der Waals surface area contributed by atoms with Crippen LogP contribution in [-0.4, -0.2) is 17.6 Å². The van der Waals surface area contributed by atoms with Crippen molar-refractivity contribution in [3.05, 3.63) is 35.9 Å². The lowest BCUT2D eigenvalue weighted by Gasteiger charge is -2.22. The van der Waals surface area contributed by atoms with Crippen LogP contribution in [0.15, 0.2) is 30.3 Å². The summed E-state index contributed by atoms with van der Waals surface area (Å²) in [6.45, 7) is -0.119. The van der Waals surface area contributed by atoms with Gasteiger partial charge in [0, 0.05) is 6.54 Å². The molecule has 0 saturated carbocycles. The summed E-state index contributed by atoms with van der Waals surface area (Å²) in [6.07, 6.45) is 0. The fourth-order valence-corrected chi connectivity index (χ4v) is 1.06. The molecule has 1 atom stereocenters. The van der Waals surface area contributed by atoms with Gasteiger partial charge in [-0.1, -0.05) is 30.3 Å². The van der Waals surface area contributed by atoms with Crippen LogP contribution in [0.3, 0.4) is 0 Å². The van der Waals surface area contributed by atoms with Crippen molar-refractivity contribution < 1.29 is 9.90 Å². The molecule has 0 saturated heterocycles. The summed E-state index contributed by atoms with van der Waals surface area (Å²) in [5.74, 6) is -1.11. The van der Waals surface area contributed by atoms with Gasteiger partial charge in [-0.25, -0.2) is 4.79 Å². The standard InChI is InChI=1S/C9H12N2O2/c10-6-9(11,8(12)13)7-4-2-1-3-5-7/h1-5H,6,10-11H2,(H,12,13). The lowest BCUT2D eigenvalue weighted by atomic mass is 9.91. The van der Waals surface area contributed by atoms with Gasteiger partial charge in [0.15, 0.2) is 5.54 Å². The summed E-state index contributed by atoms with van der Waals surface area (Å²) in [5.41, 5.74) is 10.0. The van der Waals surface area contributed by atoms with Crippen LogP contribution in [0.1, 0.15) is 5.56 Å². The number of benzene rings is 1. The van der Waals surface area contributed by atoms with Crippen LogP contribution in [0.5, 0.6) is 0 Å². The van der Waals surface area contributed by atoms with E-state index in [9.17, 15) is 4.79 Å². The molecular formula is C9H12N2O2. The smallest absolute Gasteiger partial charge is 0.329 e. The maximum Gasteiger partial charge on any atom is 0.329 e. The lowest BCUT2D eigenvalue weighted by Crippen LogP contribution is -2.50. The van der Waals surface area contributed by atoms with Crippen LogP contribution in [-0.2, 0) is 10.3 Å². The van der Waals surface area contributed by atoms with Gasteiger partial charge < -0.3 is 16.6 Å². The molecule has 1 aromatic rings. The van der Waals surface area contributed by atoms with E-state index in [1.54, 1.807) is 30.3 Å². The van der Waals surface area contributed by atoms with Gasteiger partial charge in [-0.3, -0.25) is 0 Å². The largest absolute Gasteiger partial charge is 0.480 e. The van der Waals surface area contributed by atoms with Crippen molar-refractivity contribution in [3.8, 4) is 0 Å². The van der Waals surface area contributed by atoms with Crippen molar-refractivity contribution in [3.63, 3.8) is 0 Å². The Morgan fingerprint density at radius 1 is 1.38 bits per heavy atom. The predicted octanol–water partition coefficient (Wildman–Crippen LogP) is -0.116. The second-order valence-corrected chi connectivity index (χ2v) is 2.85. The van der Waals surface area contributed by atoms with Crippen LogP contribution < -0.4 is 11.5 Å². The average molecular weight is 180 g/mol. The highest BCUT2D eigenvalue weighted by Gasteiger charge is 2.34. The maximum absolute atomic E-state index is 10.8. The second kappa shape index (κ2) is 3.55. The molecule has 0 aliphatic rings. The SMILES string of the molecule is NCC(N)(C(=O)O)c1ccccc1. The summed E-state index contributed by atoms with van der Waals surface area (Å²) in [5, 5.41) is 8.88. The summed E-state index contributed by atoms with van der Waals surface area (Å²) in [4.78, 5) is 10.8. The van der Waals surface area contributed by atoms with E-state index < -0.39 is 11.5 Å². The topological polar surface area (TPSA) is 89.3 Å². The molecule has 0 spiro atoms. The van der Waals surface area contributed by atoms with Gasteiger partial charge in [0.1, 0.15) is 0 Å². The molecule has 0 heterocycles. The molecular weight excluding hydrogens is 168 g/mol. The first-order valence-electron chi connectivity index (χ1n) is 3.89. The first-order valence-corrected chi connectivity index (χ1v) is 3.89. The molecule has 0 amide bonds. The Bertz CT molecular complexity index is 300. The molecule has 13 heavy (non-hydrogen) atoms. The van der Waals surface area contributed by atoms with Gasteiger partial charge in [0.2, 0.25) is 0 Å². The second-order valence-electron chi connectivity index (χ2n) is 2.85. The zero-order valence-electron chi connectivity index (χ0n) is 7.10. The summed E-state index contributed by atoms with van der Waals surface area (Å²) < 4.78 is 0. The lowest BCUT2D eigenvalue weighted by molar-refractivity contribution is -0.143. The highest BCUT2D eigenvalue weighted by Crippen LogP contribution is 2.16.